The number of fused-ring (bicyclic) bond motifs is 1. The van der Waals surface area contributed by atoms with Crippen molar-refractivity contribution in [2.75, 3.05) is 25.1 Å². The number of nitrogens with zero attached hydrogens (tertiary/aromatic N) is 2. The van der Waals surface area contributed by atoms with E-state index >= 15 is 0 Å². The van der Waals surface area contributed by atoms with Crippen LogP contribution in [0.1, 0.15) is 28.8 Å². The summed E-state index contributed by atoms with van der Waals surface area (Å²) in [6, 6.07) is 16.3. The molecule has 0 atom stereocenters. The minimum absolute atomic E-state index is 0.279. The van der Waals surface area contributed by atoms with Gasteiger partial charge in [0, 0.05) is 13.1 Å². The van der Waals surface area contributed by atoms with Crippen LogP contribution >= 0.6 is 0 Å². The van der Waals surface area contributed by atoms with Crippen molar-refractivity contribution in [3.63, 3.8) is 0 Å². The fraction of sp³-hybridized carbons (Fsp3) is 0.217. The number of rotatable bonds is 5. The summed E-state index contributed by atoms with van der Waals surface area (Å²) < 4.78 is 19.7. The normalized spacial score (nSPS) is 13.9. The molecule has 1 aliphatic heterocycles. The molecule has 5 nitrogen and oxygen atoms in total. The monoisotopic (exact) mass is 391 g/mol. The molecule has 0 unspecified atom stereocenters. The third kappa shape index (κ3) is 4.06. The lowest BCUT2D eigenvalue weighted by molar-refractivity contribution is 0.0952. The van der Waals surface area contributed by atoms with E-state index in [1.807, 2.05) is 35.2 Å². The van der Waals surface area contributed by atoms with Crippen molar-refractivity contribution in [2.24, 2.45) is 5.10 Å². The van der Waals surface area contributed by atoms with Gasteiger partial charge < -0.3 is 9.64 Å². The Morgan fingerprint density at radius 3 is 2.52 bits per heavy atom. The minimum Gasteiger partial charge on any atom is -0.496 e. The number of ether oxygens (including phenoxy) is 1. The number of amides is 1. The standard InChI is InChI=1S/C23H22FN3O2/c1-29-22-14-18-7-3-2-6-17(18)13-19(22)23(28)26-25-15-16-8-9-21(20(24)12-16)27-10-4-5-11-27/h2-3,6-9,12-15H,4-5,10-11H2,1H3,(H,26,28)/b25-15-. The molecule has 0 bridgehead atoms. The molecule has 0 radical (unpaired) electrons. The van der Waals surface area contributed by atoms with Crippen LogP contribution in [0, 0.1) is 5.82 Å². The van der Waals surface area contributed by atoms with Crippen LogP contribution in [0.5, 0.6) is 5.75 Å². The van der Waals surface area contributed by atoms with Crippen LogP contribution in [0.2, 0.25) is 0 Å². The Balaban J connectivity index is 1.48. The number of methoxy groups -OCH3 is 1. The van der Waals surface area contributed by atoms with E-state index < -0.39 is 5.91 Å². The van der Waals surface area contributed by atoms with Crippen LogP contribution in [0.4, 0.5) is 10.1 Å². The Kier molecular flexibility index (Phi) is 5.42. The van der Waals surface area contributed by atoms with Crippen LogP contribution in [-0.4, -0.2) is 32.3 Å². The minimum atomic E-state index is -0.391. The lowest BCUT2D eigenvalue weighted by Crippen LogP contribution is -2.19. The van der Waals surface area contributed by atoms with Gasteiger partial charge in [-0.25, -0.2) is 9.82 Å². The molecule has 3 aromatic carbocycles. The van der Waals surface area contributed by atoms with E-state index in [2.05, 4.69) is 10.5 Å². The van der Waals surface area contributed by atoms with Crippen molar-refractivity contribution in [1.29, 1.82) is 0 Å². The maximum Gasteiger partial charge on any atom is 0.275 e. The molecular weight excluding hydrogens is 369 g/mol. The fourth-order valence-electron chi connectivity index (χ4n) is 3.61. The zero-order valence-corrected chi connectivity index (χ0v) is 16.2. The second-order valence-corrected chi connectivity index (χ2v) is 7.00. The Bertz CT molecular complexity index is 1070. The van der Waals surface area contributed by atoms with Crippen LogP contribution < -0.4 is 15.1 Å². The maximum absolute atomic E-state index is 14.4. The maximum atomic E-state index is 14.4. The van der Waals surface area contributed by atoms with Gasteiger partial charge in [0.1, 0.15) is 11.6 Å². The average Bonchev–Trinajstić information content (AvgIpc) is 3.27. The van der Waals surface area contributed by atoms with Crippen molar-refractivity contribution in [2.45, 2.75) is 12.8 Å². The van der Waals surface area contributed by atoms with Gasteiger partial charge in [-0.2, -0.15) is 5.10 Å². The highest BCUT2D eigenvalue weighted by atomic mass is 19.1. The molecule has 3 aromatic rings. The molecule has 6 heteroatoms. The molecule has 0 aromatic heterocycles. The molecule has 1 fully saturated rings. The first-order chi connectivity index (χ1) is 14.2. The van der Waals surface area contributed by atoms with E-state index in [1.165, 1.54) is 19.4 Å². The van der Waals surface area contributed by atoms with E-state index in [-0.39, 0.29) is 5.82 Å². The largest absolute Gasteiger partial charge is 0.496 e. The number of carbonyl (C=O) groups excluding carboxylic acids is 1. The summed E-state index contributed by atoms with van der Waals surface area (Å²) >= 11 is 0. The predicted molar refractivity (Wildman–Crippen MR) is 113 cm³/mol. The number of hydrazone groups is 1. The van der Waals surface area contributed by atoms with Crippen molar-refractivity contribution in [3.8, 4) is 5.75 Å². The highest BCUT2D eigenvalue weighted by molar-refractivity contribution is 6.02. The highest BCUT2D eigenvalue weighted by Crippen LogP contribution is 2.26. The van der Waals surface area contributed by atoms with Gasteiger partial charge in [-0.15, -0.1) is 0 Å². The molecule has 1 amide bonds. The molecule has 29 heavy (non-hydrogen) atoms. The van der Waals surface area contributed by atoms with Crippen molar-refractivity contribution in [1.82, 2.24) is 5.43 Å². The average molecular weight is 391 g/mol. The smallest absolute Gasteiger partial charge is 0.275 e. The fourth-order valence-corrected chi connectivity index (χ4v) is 3.61. The van der Waals surface area contributed by atoms with Crippen molar-refractivity contribution in [3.05, 3.63) is 71.5 Å². The van der Waals surface area contributed by atoms with Crippen LogP contribution in [-0.2, 0) is 0 Å². The van der Waals surface area contributed by atoms with Crippen LogP contribution in [0.3, 0.4) is 0 Å². The molecule has 1 heterocycles. The SMILES string of the molecule is COc1cc2ccccc2cc1C(=O)N/N=C\c1ccc(N2CCCC2)c(F)c1. The highest BCUT2D eigenvalue weighted by Gasteiger charge is 2.16. The summed E-state index contributed by atoms with van der Waals surface area (Å²) in [6.07, 6.45) is 3.61. The number of benzene rings is 3. The lowest BCUT2D eigenvalue weighted by Gasteiger charge is -2.18. The summed E-state index contributed by atoms with van der Waals surface area (Å²) in [5.41, 5.74) is 4.08. The van der Waals surface area contributed by atoms with Gasteiger partial charge in [-0.05, 0) is 53.4 Å². The number of hydrogen-bond donors (Lipinski definition) is 1. The second kappa shape index (κ2) is 8.31. The number of halogens is 1. The van der Waals surface area contributed by atoms with Gasteiger partial charge in [-0.1, -0.05) is 30.3 Å². The lowest BCUT2D eigenvalue weighted by atomic mass is 10.1. The van der Waals surface area contributed by atoms with E-state index in [0.29, 0.717) is 22.6 Å². The van der Waals surface area contributed by atoms with Gasteiger partial charge in [-0.3, -0.25) is 4.79 Å². The third-order valence-electron chi connectivity index (χ3n) is 5.11. The van der Waals surface area contributed by atoms with Crippen LogP contribution in [0.15, 0.2) is 59.7 Å². The first-order valence-corrected chi connectivity index (χ1v) is 9.60. The molecule has 1 saturated heterocycles. The summed E-state index contributed by atoms with van der Waals surface area (Å²) in [5, 5.41) is 5.90. The van der Waals surface area contributed by atoms with E-state index in [0.717, 1.165) is 36.7 Å². The first kappa shape index (κ1) is 18.9. The van der Waals surface area contributed by atoms with Gasteiger partial charge in [0.15, 0.2) is 0 Å². The van der Waals surface area contributed by atoms with E-state index in [4.69, 9.17) is 4.74 Å². The molecule has 1 aliphatic rings. The summed E-state index contributed by atoms with van der Waals surface area (Å²) in [5.74, 6) is -0.200. The molecule has 0 saturated carbocycles. The zero-order chi connectivity index (χ0) is 20.2. The molecule has 0 spiro atoms. The molecule has 0 aliphatic carbocycles. The summed E-state index contributed by atoms with van der Waals surface area (Å²) in [4.78, 5) is 14.6. The predicted octanol–water partition coefficient (Wildman–Crippen LogP) is 4.35. The Morgan fingerprint density at radius 1 is 1.10 bits per heavy atom. The quantitative estimate of drug-likeness (QED) is 0.520. The van der Waals surface area contributed by atoms with Crippen molar-refractivity contribution >= 4 is 28.6 Å². The Labute approximate surface area is 168 Å². The molecule has 1 N–H and O–H groups in total. The first-order valence-electron chi connectivity index (χ1n) is 9.60. The zero-order valence-electron chi connectivity index (χ0n) is 16.2. The summed E-state index contributed by atoms with van der Waals surface area (Å²) in [7, 11) is 1.52. The number of nitrogens with one attached hydrogen (secondary N) is 1. The summed E-state index contributed by atoms with van der Waals surface area (Å²) in [6.45, 7) is 1.77. The van der Waals surface area contributed by atoms with Gasteiger partial charge in [0.25, 0.3) is 5.91 Å². The number of hydrogen-bond acceptors (Lipinski definition) is 4. The third-order valence-corrected chi connectivity index (χ3v) is 5.11. The molecule has 4 rings (SSSR count). The van der Waals surface area contributed by atoms with Crippen LogP contribution in [0.25, 0.3) is 10.8 Å². The number of anilines is 1. The van der Waals surface area contributed by atoms with Gasteiger partial charge in [0.05, 0.1) is 24.6 Å². The topological polar surface area (TPSA) is 53.9 Å². The second-order valence-electron chi connectivity index (χ2n) is 7.00. The Morgan fingerprint density at radius 2 is 1.83 bits per heavy atom. The molecule has 148 valence electrons. The van der Waals surface area contributed by atoms with Gasteiger partial charge >= 0.3 is 0 Å². The number of carbonyl (C=O) groups is 1. The molecular formula is C23H22FN3O2. The van der Waals surface area contributed by atoms with E-state index in [9.17, 15) is 9.18 Å². The van der Waals surface area contributed by atoms with Crippen molar-refractivity contribution < 1.29 is 13.9 Å². The van der Waals surface area contributed by atoms with E-state index in [1.54, 1.807) is 18.2 Å². The van der Waals surface area contributed by atoms with Gasteiger partial charge in [0.2, 0.25) is 0 Å². The Hall–Kier alpha value is -3.41.